The van der Waals surface area contributed by atoms with Crippen LogP contribution < -0.4 is 5.32 Å². The van der Waals surface area contributed by atoms with E-state index < -0.39 is 5.97 Å². The molecule has 2 N–H and O–H groups in total. The van der Waals surface area contributed by atoms with Crippen LogP contribution in [0.2, 0.25) is 0 Å². The van der Waals surface area contributed by atoms with Crippen LogP contribution in [-0.4, -0.2) is 23.7 Å². The molecule has 12 heavy (non-hydrogen) atoms. The average molecular weight is 171 g/mol. The SMILES string of the molecule is CC(C)C1CCNC(C(=O)O)C1. The predicted molar refractivity (Wildman–Crippen MR) is 47.0 cm³/mol. The largest absolute Gasteiger partial charge is 0.480 e. The van der Waals surface area contributed by atoms with Crippen LogP contribution in [0.25, 0.3) is 0 Å². The van der Waals surface area contributed by atoms with Gasteiger partial charge in [-0.15, -0.1) is 0 Å². The van der Waals surface area contributed by atoms with Crippen molar-refractivity contribution in [2.75, 3.05) is 6.54 Å². The Balaban J connectivity index is 2.46. The average Bonchev–Trinajstić information content (AvgIpc) is 2.04. The molecule has 0 aliphatic carbocycles. The molecule has 0 saturated carbocycles. The molecule has 0 aromatic rings. The minimum absolute atomic E-state index is 0.314. The van der Waals surface area contributed by atoms with Crippen LogP contribution in [0.1, 0.15) is 26.7 Å². The molecule has 0 aromatic carbocycles. The quantitative estimate of drug-likeness (QED) is 0.654. The molecule has 1 saturated heterocycles. The molecule has 2 atom stereocenters. The van der Waals surface area contributed by atoms with Crippen molar-refractivity contribution in [1.29, 1.82) is 0 Å². The maximum absolute atomic E-state index is 10.7. The highest BCUT2D eigenvalue weighted by Gasteiger charge is 2.27. The fraction of sp³-hybridized carbons (Fsp3) is 0.889. The molecular weight excluding hydrogens is 154 g/mol. The monoisotopic (exact) mass is 171 g/mol. The van der Waals surface area contributed by atoms with E-state index in [0.29, 0.717) is 11.8 Å². The number of hydrogen-bond acceptors (Lipinski definition) is 2. The first kappa shape index (κ1) is 9.52. The van der Waals surface area contributed by atoms with Gasteiger partial charge in [0.2, 0.25) is 0 Å². The number of carboxylic acid groups (broad SMARTS) is 1. The molecule has 3 heteroatoms. The van der Waals surface area contributed by atoms with Crippen LogP contribution in [0, 0.1) is 11.8 Å². The van der Waals surface area contributed by atoms with Crippen molar-refractivity contribution in [2.45, 2.75) is 32.7 Å². The van der Waals surface area contributed by atoms with Gasteiger partial charge in [0.1, 0.15) is 6.04 Å². The summed E-state index contributed by atoms with van der Waals surface area (Å²) in [6.45, 7) is 5.17. The molecule has 0 spiro atoms. The maximum atomic E-state index is 10.7. The van der Waals surface area contributed by atoms with Crippen molar-refractivity contribution in [3.05, 3.63) is 0 Å². The molecule has 0 amide bonds. The van der Waals surface area contributed by atoms with Crippen LogP contribution in [-0.2, 0) is 4.79 Å². The van der Waals surface area contributed by atoms with Crippen molar-refractivity contribution in [2.24, 2.45) is 11.8 Å². The molecule has 0 radical (unpaired) electrons. The standard InChI is InChI=1S/C9H17NO2/c1-6(2)7-3-4-10-8(5-7)9(11)12/h6-8,10H,3-5H2,1-2H3,(H,11,12). The highest BCUT2D eigenvalue weighted by Crippen LogP contribution is 2.23. The van der Waals surface area contributed by atoms with E-state index in [-0.39, 0.29) is 6.04 Å². The molecule has 2 unspecified atom stereocenters. The molecule has 3 nitrogen and oxygen atoms in total. The number of nitrogens with one attached hydrogen (secondary N) is 1. The van der Waals surface area contributed by atoms with Crippen LogP contribution in [0.5, 0.6) is 0 Å². The minimum atomic E-state index is -0.708. The van der Waals surface area contributed by atoms with E-state index in [2.05, 4.69) is 19.2 Å². The molecule has 1 aliphatic rings. The number of aliphatic carboxylic acids is 1. The van der Waals surface area contributed by atoms with E-state index in [1.807, 2.05) is 0 Å². The van der Waals surface area contributed by atoms with E-state index in [9.17, 15) is 4.79 Å². The Labute approximate surface area is 73.2 Å². The van der Waals surface area contributed by atoms with Gasteiger partial charge in [0, 0.05) is 0 Å². The molecule has 1 rings (SSSR count). The number of carbonyl (C=O) groups is 1. The van der Waals surface area contributed by atoms with Gasteiger partial charge in [-0.3, -0.25) is 4.79 Å². The van der Waals surface area contributed by atoms with Crippen LogP contribution in [0.15, 0.2) is 0 Å². The summed E-state index contributed by atoms with van der Waals surface area (Å²) in [6.07, 6.45) is 1.90. The first-order valence-electron chi connectivity index (χ1n) is 4.57. The van der Waals surface area contributed by atoms with E-state index >= 15 is 0 Å². The number of carboxylic acids is 1. The zero-order valence-electron chi connectivity index (χ0n) is 7.71. The Morgan fingerprint density at radius 3 is 2.75 bits per heavy atom. The zero-order valence-corrected chi connectivity index (χ0v) is 7.71. The zero-order chi connectivity index (χ0) is 9.14. The highest BCUT2D eigenvalue weighted by molar-refractivity contribution is 5.73. The van der Waals surface area contributed by atoms with E-state index in [4.69, 9.17) is 5.11 Å². The molecule has 1 aliphatic heterocycles. The van der Waals surface area contributed by atoms with Crippen molar-refractivity contribution < 1.29 is 9.90 Å². The topological polar surface area (TPSA) is 49.3 Å². The van der Waals surface area contributed by atoms with Gasteiger partial charge in [-0.05, 0) is 31.2 Å². The number of piperidine rings is 1. The summed E-state index contributed by atoms with van der Waals surface area (Å²) < 4.78 is 0. The normalized spacial score (nSPS) is 30.6. The van der Waals surface area contributed by atoms with Gasteiger partial charge < -0.3 is 10.4 Å². The third-order valence-corrected chi connectivity index (χ3v) is 2.69. The lowest BCUT2D eigenvalue weighted by molar-refractivity contribution is -0.140. The molecule has 0 aromatic heterocycles. The molecule has 0 bridgehead atoms. The van der Waals surface area contributed by atoms with Gasteiger partial charge in [0.15, 0.2) is 0 Å². The lowest BCUT2D eigenvalue weighted by atomic mass is 9.84. The van der Waals surface area contributed by atoms with E-state index in [1.165, 1.54) is 0 Å². The summed E-state index contributed by atoms with van der Waals surface area (Å²) in [6, 6.07) is -0.314. The molecular formula is C9H17NO2. The van der Waals surface area contributed by atoms with Gasteiger partial charge in [-0.25, -0.2) is 0 Å². The van der Waals surface area contributed by atoms with Crippen molar-refractivity contribution in [3.8, 4) is 0 Å². The molecule has 1 heterocycles. The van der Waals surface area contributed by atoms with Crippen LogP contribution in [0.4, 0.5) is 0 Å². The van der Waals surface area contributed by atoms with Gasteiger partial charge in [-0.1, -0.05) is 13.8 Å². The summed E-state index contributed by atoms with van der Waals surface area (Å²) >= 11 is 0. The highest BCUT2D eigenvalue weighted by atomic mass is 16.4. The van der Waals surface area contributed by atoms with Gasteiger partial charge in [-0.2, -0.15) is 0 Å². The Hall–Kier alpha value is -0.570. The Kier molecular flexibility index (Phi) is 3.09. The molecule has 1 fully saturated rings. The van der Waals surface area contributed by atoms with E-state index in [1.54, 1.807) is 0 Å². The third kappa shape index (κ3) is 2.21. The lowest BCUT2D eigenvalue weighted by Gasteiger charge is -2.30. The summed E-state index contributed by atoms with van der Waals surface area (Å²) in [5.41, 5.74) is 0. The van der Waals surface area contributed by atoms with Crippen molar-refractivity contribution in [3.63, 3.8) is 0 Å². The van der Waals surface area contributed by atoms with Crippen molar-refractivity contribution >= 4 is 5.97 Å². The third-order valence-electron chi connectivity index (χ3n) is 2.69. The Bertz CT molecular complexity index is 168. The molecule has 70 valence electrons. The Morgan fingerprint density at radius 2 is 2.25 bits per heavy atom. The predicted octanol–water partition coefficient (Wildman–Crippen LogP) is 1.10. The van der Waals surface area contributed by atoms with Crippen LogP contribution in [0.3, 0.4) is 0 Å². The second-order valence-electron chi connectivity index (χ2n) is 3.87. The Morgan fingerprint density at radius 1 is 1.58 bits per heavy atom. The smallest absolute Gasteiger partial charge is 0.320 e. The first-order chi connectivity index (χ1) is 5.61. The number of rotatable bonds is 2. The minimum Gasteiger partial charge on any atom is -0.480 e. The van der Waals surface area contributed by atoms with Crippen LogP contribution >= 0.6 is 0 Å². The maximum Gasteiger partial charge on any atom is 0.320 e. The van der Waals surface area contributed by atoms with Gasteiger partial charge >= 0.3 is 5.97 Å². The van der Waals surface area contributed by atoms with E-state index in [0.717, 1.165) is 19.4 Å². The fourth-order valence-corrected chi connectivity index (χ4v) is 1.74. The summed E-state index contributed by atoms with van der Waals surface area (Å²) in [7, 11) is 0. The fourth-order valence-electron chi connectivity index (χ4n) is 1.74. The second-order valence-corrected chi connectivity index (χ2v) is 3.87. The van der Waals surface area contributed by atoms with Gasteiger partial charge in [0.25, 0.3) is 0 Å². The summed E-state index contributed by atoms with van der Waals surface area (Å²) in [4.78, 5) is 10.7. The van der Waals surface area contributed by atoms with Crippen molar-refractivity contribution in [1.82, 2.24) is 5.32 Å². The lowest BCUT2D eigenvalue weighted by Crippen LogP contribution is -2.44. The summed E-state index contributed by atoms with van der Waals surface area (Å²) in [5.74, 6) is 0.474. The number of hydrogen-bond donors (Lipinski definition) is 2. The first-order valence-corrected chi connectivity index (χ1v) is 4.57. The van der Waals surface area contributed by atoms with Gasteiger partial charge in [0.05, 0.1) is 0 Å². The second kappa shape index (κ2) is 3.90. The summed E-state index contributed by atoms with van der Waals surface area (Å²) in [5, 5.41) is 11.8.